The van der Waals surface area contributed by atoms with Crippen LogP contribution < -0.4 is 15.6 Å². The molecular formula is C28H27Cl2N7O6. The summed E-state index contributed by atoms with van der Waals surface area (Å²) >= 11 is 12.2. The lowest BCUT2D eigenvalue weighted by Crippen LogP contribution is -2.58. The lowest BCUT2D eigenvalue weighted by Gasteiger charge is -2.38. The molecule has 224 valence electrons. The fourth-order valence-electron chi connectivity index (χ4n) is 4.57. The predicted octanol–water partition coefficient (Wildman–Crippen LogP) is 5.71. The van der Waals surface area contributed by atoms with Crippen molar-refractivity contribution >= 4 is 63.9 Å². The minimum atomic E-state index is -1.33. The first-order valence-corrected chi connectivity index (χ1v) is 13.5. The van der Waals surface area contributed by atoms with Crippen LogP contribution in [0.4, 0.5) is 26.7 Å². The van der Waals surface area contributed by atoms with Gasteiger partial charge in [0, 0.05) is 33.6 Å². The van der Waals surface area contributed by atoms with Crippen molar-refractivity contribution in [3.8, 4) is 0 Å². The Bertz CT molecular complexity index is 1600. The molecule has 0 aromatic heterocycles. The maximum atomic E-state index is 13.8. The molecule has 1 atom stereocenters. The van der Waals surface area contributed by atoms with Crippen molar-refractivity contribution in [2.24, 2.45) is 5.10 Å². The van der Waals surface area contributed by atoms with Gasteiger partial charge >= 0.3 is 12.1 Å². The van der Waals surface area contributed by atoms with Gasteiger partial charge in [-0.15, -0.1) is 0 Å². The van der Waals surface area contributed by atoms with Crippen molar-refractivity contribution in [2.45, 2.75) is 32.5 Å². The van der Waals surface area contributed by atoms with E-state index in [0.29, 0.717) is 32.1 Å². The van der Waals surface area contributed by atoms with Crippen molar-refractivity contribution in [3.05, 3.63) is 98.5 Å². The molecule has 1 aliphatic rings. The lowest BCUT2D eigenvalue weighted by molar-refractivity contribution is -0.384. The molecule has 4 rings (SSSR count). The van der Waals surface area contributed by atoms with Crippen LogP contribution in [0, 0.1) is 10.1 Å². The van der Waals surface area contributed by atoms with Crippen LogP contribution in [-0.4, -0.2) is 62.0 Å². The maximum absolute atomic E-state index is 13.8. The summed E-state index contributed by atoms with van der Waals surface area (Å²) in [6.45, 7) is 4.30. The summed E-state index contributed by atoms with van der Waals surface area (Å²) in [5.74, 6) is -0.665. The molecule has 13 nitrogen and oxygen atoms in total. The van der Waals surface area contributed by atoms with E-state index in [1.54, 1.807) is 57.2 Å². The van der Waals surface area contributed by atoms with E-state index in [9.17, 15) is 29.7 Å². The number of halogens is 2. The number of benzene rings is 3. The number of carbonyl (C=O) groups excluding carboxylic acids is 3. The summed E-state index contributed by atoms with van der Waals surface area (Å²) in [4.78, 5) is 52.7. The number of nitrogens with zero attached hydrogens (tertiary/aromatic N) is 5. The highest BCUT2D eigenvalue weighted by Crippen LogP contribution is 2.38. The van der Waals surface area contributed by atoms with E-state index in [-0.39, 0.29) is 11.4 Å². The van der Waals surface area contributed by atoms with Crippen LogP contribution >= 0.6 is 23.2 Å². The number of non-ortho nitro benzene ring substituents is 1. The summed E-state index contributed by atoms with van der Waals surface area (Å²) < 4.78 is 0. The Morgan fingerprint density at radius 2 is 1.70 bits per heavy atom. The molecule has 0 unspecified atom stereocenters. The van der Waals surface area contributed by atoms with E-state index in [1.165, 1.54) is 46.2 Å². The molecule has 3 aromatic carbocycles. The molecule has 0 spiro atoms. The Morgan fingerprint density at radius 1 is 1.07 bits per heavy atom. The number of hydrogen-bond donors (Lipinski definition) is 3. The van der Waals surface area contributed by atoms with Crippen molar-refractivity contribution in [2.75, 3.05) is 16.8 Å². The van der Waals surface area contributed by atoms with Gasteiger partial charge in [0.15, 0.2) is 6.17 Å². The topological polar surface area (TPSA) is 161 Å². The van der Waals surface area contributed by atoms with Gasteiger partial charge in [0.05, 0.1) is 16.2 Å². The summed E-state index contributed by atoms with van der Waals surface area (Å²) in [6, 6.07) is 16.6. The Labute approximate surface area is 256 Å². The number of hydrogen-bond acceptors (Lipinski definition) is 7. The highest BCUT2D eigenvalue weighted by atomic mass is 35.5. The molecular weight excluding hydrogens is 601 g/mol. The first-order valence-electron chi connectivity index (χ1n) is 12.8. The van der Waals surface area contributed by atoms with Crippen LogP contribution in [0.15, 0.2) is 77.9 Å². The molecule has 1 saturated heterocycles. The zero-order valence-electron chi connectivity index (χ0n) is 23.2. The van der Waals surface area contributed by atoms with Crippen LogP contribution in [0.1, 0.15) is 26.3 Å². The Morgan fingerprint density at radius 3 is 2.30 bits per heavy atom. The fourth-order valence-corrected chi connectivity index (χ4v) is 4.94. The zero-order chi connectivity index (χ0) is 31.5. The minimum Gasteiger partial charge on any atom is -0.306 e. The van der Waals surface area contributed by atoms with E-state index in [1.807, 2.05) is 0 Å². The number of amides is 5. The van der Waals surface area contributed by atoms with Crippen molar-refractivity contribution in [3.63, 3.8) is 0 Å². The fraction of sp³-hybridized carbons (Fsp3) is 0.214. The van der Waals surface area contributed by atoms with Gasteiger partial charge in [-0.25, -0.2) is 15.0 Å². The van der Waals surface area contributed by atoms with Gasteiger partial charge in [-0.2, -0.15) is 10.2 Å². The lowest BCUT2D eigenvalue weighted by atomic mass is 9.99. The largest absolute Gasteiger partial charge is 0.347 e. The first kappa shape index (κ1) is 31.2. The number of hydroxylamine groups is 2. The molecule has 3 N–H and O–H groups in total. The normalized spacial score (nSPS) is 16.2. The second-order valence-corrected chi connectivity index (χ2v) is 10.9. The number of rotatable bonds is 8. The van der Waals surface area contributed by atoms with Crippen LogP contribution in [0.2, 0.25) is 10.0 Å². The number of nitro benzene ring substituents is 1. The van der Waals surface area contributed by atoms with Gasteiger partial charge in [-0.3, -0.25) is 25.0 Å². The molecule has 15 heteroatoms. The van der Waals surface area contributed by atoms with Gasteiger partial charge in [-0.05, 0) is 74.9 Å². The quantitative estimate of drug-likeness (QED) is 0.125. The average molecular weight is 628 g/mol. The Hall–Kier alpha value is -4.72. The molecule has 3 aromatic rings. The van der Waals surface area contributed by atoms with Gasteiger partial charge in [-0.1, -0.05) is 35.3 Å². The highest BCUT2D eigenvalue weighted by Gasteiger charge is 2.56. The number of anilines is 2. The zero-order valence-corrected chi connectivity index (χ0v) is 24.7. The van der Waals surface area contributed by atoms with Crippen molar-refractivity contribution in [1.82, 2.24) is 15.4 Å². The summed E-state index contributed by atoms with van der Waals surface area (Å²) in [6.07, 6.45) is -1.31. The summed E-state index contributed by atoms with van der Waals surface area (Å²) in [5.41, 5.74) is 2.47. The molecule has 1 aliphatic heterocycles. The molecule has 1 heterocycles. The Kier molecular flexibility index (Phi) is 9.19. The minimum absolute atomic E-state index is 0.0895. The van der Waals surface area contributed by atoms with Crippen LogP contribution in [0.3, 0.4) is 0 Å². The van der Waals surface area contributed by atoms with Crippen molar-refractivity contribution < 1.29 is 24.5 Å². The van der Waals surface area contributed by atoms with Gasteiger partial charge in [0.2, 0.25) is 0 Å². The van der Waals surface area contributed by atoms with E-state index in [0.717, 1.165) is 0 Å². The third-order valence-electron chi connectivity index (χ3n) is 6.76. The maximum Gasteiger partial charge on any atom is 0.347 e. The number of nitro groups is 1. The second kappa shape index (κ2) is 12.7. The average Bonchev–Trinajstić information content (AvgIpc) is 3.15. The van der Waals surface area contributed by atoms with Gasteiger partial charge in [0.25, 0.3) is 11.6 Å². The van der Waals surface area contributed by atoms with Gasteiger partial charge in [0.1, 0.15) is 6.54 Å². The predicted molar refractivity (Wildman–Crippen MR) is 161 cm³/mol. The second-order valence-electron chi connectivity index (χ2n) is 10.1. The molecule has 0 bridgehead atoms. The van der Waals surface area contributed by atoms with E-state index >= 15 is 0 Å². The van der Waals surface area contributed by atoms with E-state index in [4.69, 9.17) is 23.2 Å². The number of hydrazone groups is 1. The van der Waals surface area contributed by atoms with Crippen LogP contribution in [-0.2, 0) is 4.79 Å². The summed E-state index contributed by atoms with van der Waals surface area (Å²) in [5, 5.41) is 29.7. The highest BCUT2D eigenvalue weighted by molar-refractivity contribution is 6.31. The smallest absolute Gasteiger partial charge is 0.306 e. The standard InChI is InChI=1S/C28H27Cl2N7O6/c1-17(18-10-12-22(13-11-18)37(42)43)32-33-24(38)16-34-27(40)35(23-9-5-7-20(30)15-23)25(28(34,2)3)36(41)26(39)31-21-8-4-6-19(29)14-21/h4-15,25,41H,16H2,1-3H3,(H,31,39)(H,33,38)/b32-17+/t25-/m1/s1. The number of carbonyl (C=O) groups is 3. The number of nitrogens with one attached hydrogen (secondary N) is 2. The Balaban J connectivity index is 1.58. The van der Waals surface area contributed by atoms with Crippen LogP contribution in [0.25, 0.3) is 0 Å². The van der Waals surface area contributed by atoms with E-state index in [2.05, 4.69) is 15.8 Å². The monoisotopic (exact) mass is 627 g/mol. The summed E-state index contributed by atoms with van der Waals surface area (Å²) in [7, 11) is 0. The van der Waals surface area contributed by atoms with Gasteiger partial charge < -0.3 is 10.2 Å². The molecule has 1 fully saturated rings. The molecule has 5 amide bonds. The molecule has 43 heavy (non-hydrogen) atoms. The third kappa shape index (κ3) is 6.85. The first-order chi connectivity index (χ1) is 20.3. The molecule has 0 aliphatic carbocycles. The van der Waals surface area contributed by atoms with Crippen LogP contribution in [0.5, 0.6) is 0 Å². The third-order valence-corrected chi connectivity index (χ3v) is 7.23. The SMILES string of the molecule is C/C(=N\NC(=O)CN1C(=O)N(c2cccc(Cl)c2)[C@H](N(O)C(=O)Nc2cccc(Cl)c2)C1(C)C)c1ccc([N+](=O)[O-])cc1. The number of urea groups is 2. The molecule has 0 radical (unpaired) electrons. The van der Waals surface area contributed by atoms with Crippen molar-refractivity contribution in [1.29, 1.82) is 0 Å². The molecule has 0 saturated carbocycles. The van der Waals surface area contributed by atoms with E-state index < -0.39 is 41.1 Å².